The Morgan fingerprint density at radius 1 is 1.13 bits per heavy atom. The number of hydrogen-bond acceptors (Lipinski definition) is 6. The van der Waals surface area contributed by atoms with Crippen LogP contribution in [0.1, 0.15) is 43.6 Å². The fourth-order valence-corrected chi connectivity index (χ4v) is 6.31. The lowest BCUT2D eigenvalue weighted by Crippen LogP contribution is -2.12. The number of ether oxygens (including phenoxy) is 1. The van der Waals surface area contributed by atoms with Crippen molar-refractivity contribution in [3.63, 3.8) is 0 Å². The van der Waals surface area contributed by atoms with Crippen molar-refractivity contribution in [2.45, 2.75) is 42.9 Å². The van der Waals surface area contributed by atoms with E-state index >= 15 is 0 Å². The first-order valence-electron chi connectivity index (χ1n) is 10.4. The molecule has 0 saturated heterocycles. The van der Waals surface area contributed by atoms with Crippen molar-refractivity contribution in [3.05, 3.63) is 59.7 Å². The van der Waals surface area contributed by atoms with E-state index in [-0.39, 0.29) is 4.90 Å². The number of benzene rings is 1. The van der Waals surface area contributed by atoms with Gasteiger partial charge in [-0.25, -0.2) is 22.4 Å². The molecule has 1 saturated carbocycles. The average molecular weight is 454 g/mol. The molecule has 0 spiro atoms. The van der Waals surface area contributed by atoms with Gasteiger partial charge in [0.05, 0.1) is 17.7 Å². The van der Waals surface area contributed by atoms with Gasteiger partial charge >= 0.3 is 0 Å². The first-order chi connectivity index (χ1) is 15.1. The maximum atomic E-state index is 13.4. The molecule has 6 nitrogen and oxygen atoms in total. The Hall–Kier alpha value is -2.71. The molecule has 0 N–H and O–H groups in total. The second kappa shape index (κ2) is 8.09. The van der Waals surface area contributed by atoms with Crippen LogP contribution in [0.5, 0.6) is 5.19 Å². The molecule has 0 radical (unpaired) electrons. The molecule has 0 amide bonds. The zero-order valence-corrected chi connectivity index (χ0v) is 18.8. The second-order valence-corrected chi connectivity index (χ2v) is 10.5. The predicted octanol–water partition coefficient (Wildman–Crippen LogP) is 5.45. The van der Waals surface area contributed by atoms with Crippen LogP contribution < -0.4 is 4.74 Å². The third kappa shape index (κ3) is 3.64. The number of nitrogens with zero attached hydrogens (tertiary/aromatic N) is 3. The molecule has 31 heavy (non-hydrogen) atoms. The topological polar surface area (TPSA) is 74.1 Å². The van der Waals surface area contributed by atoms with Crippen LogP contribution >= 0.6 is 11.3 Å². The Morgan fingerprint density at radius 3 is 2.61 bits per heavy atom. The summed E-state index contributed by atoms with van der Waals surface area (Å²) in [6.07, 6.45) is 9.51. The van der Waals surface area contributed by atoms with Crippen molar-refractivity contribution < 1.29 is 13.2 Å². The van der Waals surface area contributed by atoms with Crippen molar-refractivity contribution in [1.82, 2.24) is 13.9 Å². The zero-order chi connectivity index (χ0) is 21.4. The van der Waals surface area contributed by atoms with Gasteiger partial charge in [0.1, 0.15) is 0 Å². The van der Waals surface area contributed by atoms with Gasteiger partial charge in [0, 0.05) is 28.7 Å². The number of rotatable bonds is 5. The summed E-state index contributed by atoms with van der Waals surface area (Å²) in [5.74, 6) is 0.470. The number of pyridine rings is 1. The molecule has 0 bridgehead atoms. The number of aromatic nitrogens is 3. The quantitative estimate of drug-likeness (QED) is 0.401. The van der Waals surface area contributed by atoms with E-state index in [0.29, 0.717) is 22.5 Å². The predicted molar refractivity (Wildman–Crippen MR) is 122 cm³/mol. The molecule has 3 heterocycles. The molecule has 0 aliphatic heterocycles. The Balaban J connectivity index is 1.71. The van der Waals surface area contributed by atoms with Crippen LogP contribution in [-0.2, 0) is 10.0 Å². The van der Waals surface area contributed by atoms with Crippen LogP contribution in [0.4, 0.5) is 0 Å². The van der Waals surface area contributed by atoms with E-state index in [1.54, 1.807) is 43.6 Å². The van der Waals surface area contributed by atoms with E-state index in [1.807, 2.05) is 11.6 Å². The minimum absolute atomic E-state index is 0.229. The lowest BCUT2D eigenvalue weighted by Gasteiger charge is -2.21. The van der Waals surface area contributed by atoms with Gasteiger partial charge in [-0.2, -0.15) is 0 Å². The smallest absolute Gasteiger partial charge is 0.273 e. The number of methoxy groups -OCH3 is 1. The molecule has 8 heteroatoms. The summed E-state index contributed by atoms with van der Waals surface area (Å²) in [6, 6.07) is 10.6. The molecule has 1 aliphatic carbocycles. The van der Waals surface area contributed by atoms with Gasteiger partial charge in [0.2, 0.25) is 0 Å². The second-order valence-electron chi connectivity index (χ2n) is 7.83. The average Bonchev–Trinajstić information content (AvgIpc) is 3.44. The summed E-state index contributed by atoms with van der Waals surface area (Å²) < 4.78 is 33.4. The van der Waals surface area contributed by atoms with E-state index in [0.717, 1.165) is 23.8 Å². The molecule has 5 rings (SSSR count). The number of hydrogen-bond donors (Lipinski definition) is 0. The van der Waals surface area contributed by atoms with Crippen molar-refractivity contribution in [2.75, 3.05) is 7.11 Å². The van der Waals surface area contributed by atoms with Crippen LogP contribution in [-0.4, -0.2) is 29.5 Å². The molecule has 0 unspecified atom stereocenters. The summed E-state index contributed by atoms with van der Waals surface area (Å²) >= 11 is 1.39. The van der Waals surface area contributed by atoms with Gasteiger partial charge in [-0.15, -0.1) is 0 Å². The maximum Gasteiger partial charge on any atom is 0.273 e. The van der Waals surface area contributed by atoms with Gasteiger partial charge in [0.15, 0.2) is 5.65 Å². The summed E-state index contributed by atoms with van der Waals surface area (Å²) in [7, 11) is -2.21. The molecule has 160 valence electrons. The zero-order valence-electron chi connectivity index (χ0n) is 17.2. The normalized spacial score (nSPS) is 15.4. The van der Waals surface area contributed by atoms with Crippen molar-refractivity contribution in [2.24, 2.45) is 0 Å². The maximum absolute atomic E-state index is 13.4. The fourth-order valence-electron chi connectivity index (χ4n) is 4.32. The van der Waals surface area contributed by atoms with E-state index in [2.05, 4.69) is 16.0 Å². The van der Waals surface area contributed by atoms with Crippen molar-refractivity contribution in [3.8, 4) is 16.5 Å². The first-order valence-corrected chi connectivity index (χ1v) is 12.7. The number of thiazole rings is 1. The van der Waals surface area contributed by atoms with Gasteiger partial charge in [-0.3, -0.25) is 0 Å². The van der Waals surface area contributed by atoms with E-state index in [1.165, 1.54) is 40.1 Å². The molecular weight excluding hydrogens is 430 g/mol. The minimum atomic E-state index is -3.79. The molecule has 1 fully saturated rings. The monoisotopic (exact) mass is 453 g/mol. The van der Waals surface area contributed by atoms with Gasteiger partial charge < -0.3 is 4.74 Å². The minimum Gasteiger partial charge on any atom is -0.473 e. The molecule has 3 aromatic heterocycles. The largest absolute Gasteiger partial charge is 0.473 e. The highest BCUT2D eigenvalue weighted by atomic mass is 32.2. The van der Waals surface area contributed by atoms with Crippen LogP contribution in [0, 0.1) is 0 Å². The fraction of sp³-hybridized carbons (Fsp3) is 0.304. The first kappa shape index (κ1) is 20.2. The van der Waals surface area contributed by atoms with E-state index in [9.17, 15) is 8.42 Å². The number of fused-ring (bicyclic) bond motifs is 1. The highest BCUT2D eigenvalue weighted by Crippen LogP contribution is 2.38. The van der Waals surface area contributed by atoms with Gasteiger partial charge in [-0.05, 0) is 42.5 Å². The lowest BCUT2D eigenvalue weighted by molar-refractivity contribution is 0.412. The van der Waals surface area contributed by atoms with Crippen LogP contribution in [0.15, 0.2) is 59.1 Å². The molecule has 1 aliphatic rings. The Morgan fingerprint density at radius 2 is 1.90 bits per heavy atom. The summed E-state index contributed by atoms with van der Waals surface area (Å²) in [4.78, 5) is 9.40. The molecule has 4 aromatic rings. The highest BCUT2D eigenvalue weighted by molar-refractivity contribution is 7.90. The lowest BCUT2D eigenvalue weighted by atomic mass is 9.84. The van der Waals surface area contributed by atoms with E-state index < -0.39 is 10.0 Å². The highest BCUT2D eigenvalue weighted by Gasteiger charge is 2.25. The summed E-state index contributed by atoms with van der Waals surface area (Å²) in [6.45, 7) is 0. The Kier molecular flexibility index (Phi) is 5.27. The van der Waals surface area contributed by atoms with Crippen LogP contribution in [0.3, 0.4) is 0 Å². The standard InChI is InChI=1S/C23H23N3O3S2/c1-29-23-25-21(15-30-23)20-14-26(31(27,28)18-10-6-3-7-11-18)22-19(20)12-17(13-24-22)16-8-4-2-5-9-16/h3,6-7,10-16H,2,4-5,8-9H2,1H3. The van der Waals surface area contributed by atoms with Crippen LogP contribution in [0.25, 0.3) is 22.3 Å². The molecular formula is C23H23N3O3S2. The summed E-state index contributed by atoms with van der Waals surface area (Å²) in [5, 5.41) is 3.23. The van der Waals surface area contributed by atoms with Crippen molar-refractivity contribution in [1.29, 1.82) is 0 Å². The van der Waals surface area contributed by atoms with Crippen molar-refractivity contribution >= 4 is 32.4 Å². The SMILES string of the molecule is COc1nc(-c2cn(S(=O)(=O)c3ccccc3)c3ncc(C4CCCCC4)cc23)cs1. The van der Waals surface area contributed by atoms with E-state index in [4.69, 9.17) is 4.74 Å². The molecule has 0 atom stereocenters. The Labute approximate surface area is 185 Å². The Bertz CT molecular complexity index is 1320. The van der Waals surface area contributed by atoms with Gasteiger partial charge in [0.25, 0.3) is 15.2 Å². The van der Waals surface area contributed by atoms with Gasteiger partial charge in [-0.1, -0.05) is 48.8 Å². The third-order valence-electron chi connectivity index (χ3n) is 5.94. The third-order valence-corrected chi connectivity index (χ3v) is 8.41. The molecule has 1 aromatic carbocycles. The van der Waals surface area contributed by atoms with Crippen LogP contribution in [0.2, 0.25) is 0 Å². The summed E-state index contributed by atoms with van der Waals surface area (Å²) in [5.41, 5.74) is 3.03.